The highest BCUT2D eigenvalue weighted by atomic mass is 35.5. The molecule has 4 heterocycles. The quantitative estimate of drug-likeness (QED) is 0.0645. The van der Waals surface area contributed by atoms with Crippen LogP contribution in [0.4, 0.5) is 0 Å². The number of aliphatic hydroxyl groups excluding tert-OH is 1. The molecule has 10 atom stereocenters. The summed E-state index contributed by atoms with van der Waals surface area (Å²) in [5.74, 6) is -6.53. The predicted molar refractivity (Wildman–Crippen MR) is 257 cm³/mol. The first kappa shape index (κ1) is 52.2. The average Bonchev–Trinajstić information content (AvgIpc) is 3.83. The third kappa shape index (κ3) is 8.28. The van der Waals surface area contributed by atoms with Gasteiger partial charge in [0.25, 0.3) is 0 Å². The number of carboxylic acid groups (broad SMARTS) is 1. The number of likely N-dealkylation sites (N-methyl/N-ethyl adjacent to an activating group) is 2. The van der Waals surface area contributed by atoms with Crippen LogP contribution in [0.3, 0.4) is 0 Å². The van der Waals surface area contributed by atoms with Crippen LogP contribution in [0.1, 0.15) is 94.0 Å². The van der Waals surface area contributed by atoms with Gasteiger partial charge in [0.1, 0.15) is 28.7 Å². The van der Waals surface area contributed by atoms with Crippen molar-refractivity contribution in [2.75, 3.05) is 32.5 Å². The second kappa shape index (κ2) is 18.7. The molecule has 4 aliphatic heterocycles. The van der Waals surface area contributed by atoms with Crippen molar-refractivity contribution in [2.45, 2.75) is 138 Å². The number of halogens is 2. The number of nitrogens with zero attached hydrogens (tertiary/aromatic N) is 2. The fourth-order valence-corrected chi connectivity index (χ4v) is 12.8. The van der Waals surface area contributed by atoms with Crippen LogP contribution < -0.4 is 9.47 Å². The van der Waals surface area contributed by atoms with E-state index in [1.807, 2.05) is 33.2 Å². The molecule has 19 heteroatoms. The van der Waals surface area contributed by atoms with Gasteiger partial charge in [-0.3, -0.25) is 24.0 Å². The largest absolute Gasteiger partial charge is 0.513 e. The van der Waals surface area contributed by atoms with Crippen LogP contribution in [-0.4, -0.2) is 139 Å². The van der Waals surface area contributed by atoms with Crippen LogP contribution in [0.5, 0.6) is 17.2 Å². The Balaban J connectivity index is 0.000000182. The van der Waals surface area contributed by atoms with E-state index in [0.717, 1.165) is 46.5 Å². The number of alkyl halides is 2. The van der Waals surface area contributed by atoms with Crippen molar-refractivity contribution in [3.63, 3.8) is 0 Å². The molecular formula is C52H62Cl2N2O15. The molecular weight excluding hydrogens is 963 g/mol. The first-order valence-corrected chi connectivity index (χ1v) is 24.8. The molecule has 8 aliphatic rings. The van der Waals surface area contributed by atoms with Crippen molar-refractivity contribution >= 4 is 52.9 Å². The second-order valence-electron chi connectivity index (χ2n) is 21.1. The highest BCUT2D eigenvalue weighted by molar-refractivity contribution is 6.40. The lowest BCUT2D eigenvalue weighted by molar-refractivity contribution is -0.176. The molecule has 0 unspecified atom stereocenters. The van der Waals surface area contributed by atoms with Crippen molar-refractivity contribution in [1.82, 2.24) is 9.80 Å². The highest BCUT2D eigenvalue weighted by Crippen LogP contribution is 2.66. The number of aromatic hydroxyl groups is 1. The molecule has 0 saturated carbocycles. The minimum atomic E-state index is -1.63. The number of hydrogen-bond donors (Lipinski definition) is 5. The lowest BCUT2D eigenvalue weighted by Gasteiger charge is -2.61. The number of hydrogen-bond acceptors (Lipinski definition) is 16. The summed E-state index contributed by atoms with van der Waals surface area (Å²) in [6.45, 7) is 13.1. The van der Waals surface area contributed by atoms with Gasteiger partial charge in [0.2, 0.25) is 0 Å². The molecule has 0 aromatic heterocycles. The molecule has 0 amide bonds. The summed E-state index contributed by atoms with van der Waals surface area (Å²) in [4.78, 5) is 66.6. The number of Topliss-reactive ketones (excluding diaryl/α,β-unsaturated/α-hetero) is 1. The van der Waals surface area contributed by atoms with E-state index in [1.165, 1.54) is 6.92 Å². The van der Waals surface area contributed by atoms with Gasteiger partial charge in [-0.05, 0) is 122 Å². The van der Waals surface area contributed by atoms with E-state index >= 15 is 0 Å². The van der Waals surface area contributed by atoms with Crippen LogP contribution >= 0.6 is 23.2 Å². The number of aryl methyl sites for hydroxylation is 1. The van der Waals surface area contributed by atoms with Gasteiger partial charge in [0.05, 0.1) is 33.1 Å². The number of ketones is 1. The SMILES string of the molecule is C=C(O)C[C@H](C(=O)O)C(=O)OC1=CC[C@@]2(O)[C@H]3Cc4ccc(O)c5c4[C@@]2(CCN3C)[C@H]1O5.CC(=O)C[C@@H](C(=O)OC1=CC[C@@]2(O)[C@H]3Cc4ccc(C)c5c4[C@@]2(CCN3C)[C@H]1O5)C(=O)OC(C)(C)C.ClCCl. The van der Waals surface area contributed by atoms with E-state index < -0.39 is 87.7 Å². The fourth-order valence-electron chi connectivity index (χ4n) is 12.8. The number of likely N-dealkylation sites (tertiary alicyclic amines) is 2. The van der Waals surface area contributed by atoms with Gasteiger partial charge in [-0.15, -0.1) is 23.2 Å². The van der Waals surface area contributed by atoms with Gasteiger partial charge < -0.3 is 59.0 Å². The van der Waals surface area contributed by atoms with E-state index in [9.17, 15) is 49.5 Å². The molecule has 71 heavy (non-hydrogen) atoms. The minimum absolute atomic E-state index is 0.0575. The Morgan fingerprint density at radius 1 is 0.775 bits per heavy atom. The predicted octanol–water partition coefficient (Wildman–Crippen LogP) is 5.55. The van der Waals surface area contributed by atoms with Gasteiger partial charge in [-0.25, -0.2) is 0 Å². The number of piperidine rings is 2. The van der Waals surface area contributed by atoms with Crippen LogP contribution in [-0.2, 0) is 61.9 Å². The van der Waals surface area contributed by atoms with E-state index in [1.54, 1.807) is 39.0 Å². The van der Waals surface area contributed by atoms with E-state index in [2.05, 4.69) is 22.4 Å². The van der Waals surface area contributed by atoms with Gasteiger partial charge in [0.15, 0.2) is 35.5 Å². The number of benzene rings is 2. The van der Waals surface area contributed by atoms with Crippen LogP contribution in [0.2, 0.25) is 0 Å². The topological polar surface area (TPSA) is 239 Å². The Morgan fingerprint density at radius 3 is 1.70 bits per heavy atom. The lowest BCUT2D eigenvalue weighted by Crippen LogP contribution is -2.74. The van der Waals surface area contributed by atoms with Crippen LogP contribution in [0.25, 0.3) is 0 Å². The smallest absolute Gasteiger partial charge is 0.325 e. The number of phenolic OH excluding ortho intramolecular Hbond substituents is 1. The second-order valence-corrected chi connectivity index (χ2v) is 21.9. The summed E-state index contributed by atoms with van der Waals surface area (Å²) in [7, 11) is 4.00. The summed E-state index contributed by atoms with van der Waals surface area (Å²) in [5, 5.41) is 53.8. The summed E-state index contributed by atoms with van der Waals surface area (Å²) in [6, 6.07) is 7.25. The molecule has 2 spiro atoms. The number of carbonyl (C=O) groups is 5. The van der Waals surface area contributed by atoms with Gasteiger partial charge in [-0.1, -0.05) is 24.8 Å². The van der Waals surface area contributed by atoms with Gasteiger partial charge in [0, 0.05) is 48.9 Å². The standard InChI is InChI=1S/C28H35NO7.C23H25NO8.CH2Cl2/c1-15-7-8-17-14-20-28(33)10-9-19(23-27(28,11-12-29(20)6)21(17)22(15)35-23)34-24(31)18(13-16(2)30)25(32)36-26(3,4)5;1-11(25)9-13(20(27)28)21(29)31-15-5-6-23(30)16-10-12-3-4-14(26)18-17(12)22(23,19(15)32-18)7-8-24(16)2;2-1-3/h7-9,18,20,23,33H,10-14H2,1-6H3;3-5,13,16,19,25-26,30H,1,6-10H2,2H3,(H,27,28);1H2/t18-,20+,23-,27-,28+;13-,16-,19+,22+,23-;/m01./s1. The summed E-state index contributed by atoms with van der Waals surface area (Å²) < 4.78 is 29.5. The van der Waals surface area contributed by atoms with E-state index in [0.29, 0.717) is 32.2 Å². The molecule has 4 aliphatic carbocycles. The van der Waals surface area contributed by atoms with Crippen molar-refractivity contribution in [2.24, 2.45) is 11.8 Å². The normalized spacial score (nSPS) is 30.8. The fraction of sp³-hybridized carbons (Fsp3) is 0.558. The Bertz CT molecular complexity index is 2650. The maximum absolute atomic E-state index is 13.3. The zero-order valence-corrected chi connectivity index (χ0v) is 42.4. The molecule has 2 saturated heterocycles. The molecule has 2 fully saturated rings. The first-order chi connectivity index (χ1) is 33.3. The van der Waals surface area contributed by atoms with E-state index in [4.69, 9.17) is 46.9 Å². The van der Waals surface area contributed by atoms with Crippen molar-refractivity contribution in [3.8, 4) is 17.2 Å². The van der Waals surface area contributed by atoms with Crippen molar-refractivity contribution in [1.29, 1.82) is 0 Å². The summed E-state index contributed by atoms with van der Waals surface area (Å²) >= 11 is 9.53. The molecule has 17 nitrogen and oxygen atoms in total. The molecule has 10 rings (SSSR count). The number of aliphatic carboxylic acids is 1. The number of allylic oxidation sites excluding steroid dienone is 1. The van der Waals surface area contributed by atoms with Crippen LogP contribution in [0.15, 0.2) is 60.3 Å². The van der Waals surface area contributed by atoms with Gasteiger partial charge >= 0.3 is 23.9 Å². The zero-order chi connectivity index (χ0) is 51.9. The maximum Gasteiger partial charge on any atom is 0.325 e. The number of carboxylic acids is 1. The molecule has 5 N–H and O–H groups in total. The lowest BCUT2D eigenvalue weighted by atomic mass is 9.50. The van der Waals surface area contributed by atoms with Crippen LogP contribution in [0, 0.1) is 18.8 Å². The number of phenols is 1. The molecule has 4 bridgehead atoms. The van der Waals surface area contributed by atoms with Crippen molar-refractivity contribution < 1.29 is 73.2 Å². The van der Waals surface area contributed by atoms with E-state index in [-0.39, 0.29) is 59.1 Å². The van der Waals surface area contributed by atoms with Gasteiger partial charge in [-0.2, -0.15) is 0 Å². The number of rotatable bonds is 10. The molecule has 0 radical (unpaired) electrons. The first-order valence-electron chi connectivity index (χ1n) is 23.7. The summed E-state index contributed by atoms with van der Waals surface area (Å²) in [5.41, 5.74) is 0.0372. The Morgan fingerprint density at radius 2 is 1.24 bits per heavy atom. The zero-order valence-electron chi connectivity index (χ0n) is 40.9. The highest BCUT2D eigenvalue weighted by Gasteiger charge is 2.73. The summed E-state index contributed by atoms with van der Waals surface area (Å²) in [6.07, 6.45) is 3.86. The molecule has 384 valence electrons. The number of aliphatic hydroxyl groups is 3. The third-order valence-corrected chi connectivity index (χ3v) is 15.9. The minimum Gasteiger partial charge on any atom is -0.513 e. The maximum atomic E-state index is 13.3. The Labute approximate surface area is 421 Å². The number of ether oxygens (including phenoxy) is 5. The third-order valence-electron chi connectivity index (χ3n) is 15.9. The molecule has 2 aromatic rings. The molecule has 2 aromatic carbocycles. The Kier molecular flexibility index (Phi) is 13.7. The monoisotopic (exact) mass is 1020 g/mol. The number of esters is 3. The number of carbonyl (C=O) groups excluding carboxylic acids is 4. The Hall–Kier alpha value is -5.17. The van der Waals surface area contributed by atoms with Crippen molar-refractivity contribution in [3.05, 3.63) is 88.1 Å². The average molecular weight is 1030 g/mol.